The lowest BCUT2D eigenvalue weighted by atomic mass is 9.96. The number of phenols is 1. The van der Waals surface area contributed by atoms with E-state index in [1.807, 2.05) is 19.2 Å². The average molecular weight is 487 g/mol. The molecule has 36 heavy (non-hydrogen) atoms. The summed E-state index contributed by atoms with van der Waals surface area (Å²) in [5.74, 6) is 0.453. The van der Waals surface area contributed by atoms with Crippen LogP contribution in [-0.4, -0.2) is 74.3 Å². The van der Waals surface area contributed by atoms with Gasteiger partial charge in [-0.2, -0.15) is 5.10 Å². The summed E-state index contributed by atoms with van der Waals surface area (Å²) in [6.07, 6.45) is 7.08. The minimum absolute atomic E-state index is 0.180. The molecule has 1 unspecified atom stereocenters. The van der Waals surface area contributed by atoms with Crippen LogP contribution < -0.4 is 0 Å². The van der Waals surface area contributed by atoms with Crippen molar-refractivity contribution < 1.29 is 9.50 Å². The minimum atomic E-state index is -0.380. The highest BCUT2D eigenvalue weighted by atomic mass is 19.1. The highest BCUT2D eigenvalue weighted by Crippen LogP contribution is 2.35. The van der Waals surface area contributed by atoms with E-state index in [1.165, 1.54) is 18.5 Å². The van der Waals surface area contributed by atoms with Gasteiger partial charge in [0.15, 0.2) is 11.6 Å². The topological polar surface area (TPSA) is 84.1 Å². The Labute approximate surface area is 209 Å². The molecule has 7 nitrogen and oxygen atoms in total. The van der Waals surface area contributed by atoms with Crippen LogP contribution in [-0.2, 0) is 6.42 Å². The maximum Gasteiger partial charge on any atom is 0.159 e. The molecule has 186 valence electrons. The van der Waals surface area contributed by atoms with Crippen LogP contribution in [0.3, 0.4) is 0 Å². The van der Waals surface area contributed by atoms with Gasteiger partial charge in [-0.05, 0) is 67.8 Å². The number of H-pyrrole nitrogens is 2. The number of nitrogens with one attached hydrogen (secondary N) is 2. The van der Waals surface area contributed by atoms with E-state index >= 15 is 4.39 Å². The Kier molecular flexibility index (Phi) is 5.85. The van der Waals surface area contributed by atoms with Gasteiger partial charge in [0.25, 0.3) is 0 Å². The number of hydrogen-bond donors (Lipinski definition) is 3. The Bertz CT molecular complexity index is 1450. The van der Waals surface area contributed by atoms with Gasteiger partial charge in [-0.15, -0.1) is 0 Å². The van der Waals surface area contributed by atoms with Gasteiger partial charge >= 0.3 is 0 Å². The van der Waals surface area contributed by atoms with Gasteiger partial charge in [0.05, 0.1) is 11.9 Å². The van der Waals surface area contributed by atoms with E-state index < -0.39 is 0 Å². The Morgan fingerprint density at radius 3 is 2.78 bits per heavy atom. The smallest absolute Gasteiger partial charge is 0.159 e. The van der Waals surface area contributed by atoms with E-state index in [9.17, 15) is 5.11 Å². The van der Waals surface area contributed by atoms with Crippen LogP contribution in [0.1, 0.15) is 31.0 Å². The SMILES string of the molecule is CCc1cc(O)ccc1-c1ccc2c(-c3ncc(C4=CCN(C5CCN(C)C5)CC4)[nH]3)[nH]nc2c1F. The van der Waals surface area contributed by atoms with E-state index in [4.69, 9.17) is 0 Å². The Morgan fingerprint density at radius 1 is 1.17 bits per heavy atom. The van der Waals surface area contributed by atoms with Crippen LogP contribution in [0.2, 0.25) is 0 Å². The molecular weight excluding hydrogens is 455 g/mol. The molecule has 4 aromatic rings. The molecule has 6 rings (SSSR count). The molecule has 2 aromatic heterocycles. The lowest BCUT2D eigenvalue weighted by molar-refractivity contribution is 0.217. The fourth-order valence-corrected chi connectivity index (χ4v) is 5.65. The number of hydrogen-bond acceptors (Lipinski definition) is 5. The van der Waals surface area contributed by atoms with E-state index in [2.05, 4.69) is 43.1 Å². The highest BCUT2D eigenvalue weighted by Gasteiger charge is 2.27. The summed E-state index contributed by atoms with van der Waals surface area (Å²) in [6.45, 7) is 6.32. The van der Waals surface area contributed by atoms with Gasteiger partial charge in [-0.3, -0.25) is 10.00 Å². The van der Waals surface area contributed by atoms with E-state index in [1.54, 1.807) is 24.3 Å². The Balaban J connectivity index is 1.27. The molecule has 2 aliphatic heterocycles. The number of halogens is 1. The molecule has 1 fully saturated rings. The molecule has 2 aromatic carbocycles. The van der Waals surface area contributed by atoms with Crippen LogP contribution in [0.25, 0.3) is 39.1 Å². The summed E-state index contributed by atoms with van der Waals surface area (Å²) in [5.41, 5.74) is 5.36. The van der Waals surface area contributed by atoms with Crippen molar-refractivity contribution in [3.8, 4) is 28.4 Å². The molecule has 4 heterocycles. The van der Waals surface area contributed by atoms with Gasteiger partial charge in [0, 0.05) is 36.6 Å². The first-order valence-electron chi connectivity index (χ1n) is 12.7. The second-order valence-electron chi connectivity index (χ2n) is 9.94. The number of likely N-dealkylation sites (tertiary alicyclic amines) is 1. The van der Waals surface area contributed by atoms with Gasteiger partial charge < -0.3 is 15.0 Å². The third kappa shape index (κ3) is 4.00. The third-order valence-corrected chi connectivity index (χ3v) is 7.71. The molecule has 3 N–H and O–H groups in total. The quantitative estimate of drug-likeness (QED) is 0.377. The number of benzene rings is 2. The zero-order chi connectivity index (χ0) is 24.8. The number of phenolic OH excluding ortho intramolecular Hbond substituents is 1. The first-order chi connectivity index (χ1) is 17.5. The van der Waals surface area contributed by atoms with E-state index in [0.29, 0.717) is 34.9 Å². The standard InChI is InChI=1S/C28H31FN6O/c1-3-17-14-20(36)4-5-21(17)22-6-7-23-26(25(22)29)32-33-27(23)28-30-15-24(31-28)18-8-12-35(13-9-18)19-10-11-34(2)16-19/h4-8,14-15,19,36H,3,9-13,16H2,1-2H3,(H,30,31)(H,32,33). The van der Waals surface area contributed by atoms with Crippen molar-refractivity contribution in [1.29, 1.82) is 0 Å². The highest BCUT2D eigenvalue weighted by molar-refractivity contribution is 5.94. The molecule has 0 amide bonds. The molecular formula is C28H31FN6O. The van der Waals surface area contributed by atoms with Gasteiger partial charge in [-0.25, -0.2) is 9.37 Å². The fraction of sp³-hybridized carbons (Fsp3) is 0.357. The van der Waals surface area contributed by atoms with Gasteiger partial charge in [-0.1, -0.05) is 25.1 Å². The lowest BCUT2D eigenvalue weighted by Gasteiger charge is -2.31. The fourth-order valence-electron chi connectivity index (χ4n) is 5.65. The van der Waals surface area contributed by atoms with Crippen molar-refractivity contribution in [3.05, 3.63) is 59.7 Å². The number of aromatic hydroxyl groups is 1. The van der Waals surface area contributed by atoms with Crippen molar-refractivity contribution in [2.45, 2.75) is 32.2 Å². The van der Waals surface area contributed by atoms with Crippen molar-refractivity contribution in [1.82, 2.24) is 30.0 Å². The summed E-state index contributed by atoms with van der Waals surface area (Å²) >= 11 is 0. The predicted octanol–water partition coefficient (Wildman–Crippen LogP) is 4.82. The average Bonchev–Trinajstić information content (AvgIpc) is 3.64. The van der Waals surface area contributed by atoms with Crippen molar-refractivity contribution in [2.24, 2.45) is 0 Å². The second-order valence-corrected chi connectivity index (χ2v) is 9.94. The predicted molar refractivity (Wildman–Crippen MR) is 140 cm³/mol. The maximum atomic E-state index is 15.6. The van der Waals surface area contributed by atoms with Crippen molar-refractivity contribution >= 4 is 16.5 Å². The zero-order valence-corrected chi connectivity index (χ0v) is 20.7. The molecule has 1 atom stereocenters. The second kappa shape index (κ2) is 9.19. The molecule has 1 saturated heterocycles. The van der Waals surface area contributed by atoms with E-state index in [0.717, 1.165) is 42.9 Å². The number of likely N-dealkylation sites (N-methyl/N-ethyl adjacent to an activating group) is 1. The summed E-state index contributed by atoms with van der Waals surface area (Å²) in [5, 5.41) is 17.8. The normalized spacial score (nSPS) is 19.3. The van der Waals surface area contributed by atoms with Gasteiger partial charge in [0.2, 0.25) is 0 Å². The summed E-state index contributed by atoms with van der Waals surface area (Å²) < 4.78 is 15.6. The first-order valence-corrected chi connectivity index (χ1v) is 12.7. The molecule has 0 aliphatic carbocycles. The number of aromatic amines is 2. The maximum absolute atomic E-state index is 15.6. The number of aromatic nitrogens is 4. The number of aryl methyl sites for hydroxylation is 1. The Morgan fingerprint density at radius 2 is 2.03 bits per heavy atom. The molecule has 0 radical (unpaired) electrons. The van der Waals surface area contributed by atoms with Crippen LogP contribution in [0.5, 0.6) is 5.75 Å². The van der Waals surface area contributed by atoms with Crippen LogP contribution >= 0.6 is 0 Å². The molecule has 0 bridgehead atoms. The Hall–Kier alpha value is -3.49. The van der Waals surface area contributed by atoms with Crippen molar-refractivity contribution in [3.63, 3.8) is 0 Å². The van der Waals surface area contributed by atoms with Crippen LogP contribution in [0.15, 0.2) is 42.6 Å². The van der Waals surface area contributed by atoms with Gasteiger partial charge in [0.1, 0.15) is 17.0 Å². The summed E-state index contributed by atoms with van der Waals surface area (Å²) in [6, 6.07) is 9.35. The third-order valence-electron chi connectivity index (χ3n) is 7.71. The molecule has 2 aliphatic rings. The monoisotopic (exact) mass is 486 g/mol. The number of fused-ring (bicyclic) bond motifs is 1. The summed E-state index contributed by atoms with van der Waals surface area (Å²) in [4.78, 5) is 13.0. The molecule has 8 heteroatoms. The molecule has 0 saturated carbocycles. The number of nitrogens with zero attached hydrogens (tertiary/aromatic N) is 4. The number of rotatable bonds is 5. The number of imidazole rings is 1. The first kappa shape index (κ1) is 22.9. The lowest BCUT2D eigenvalue weighted by Crippen LogP contribution is -2.39. The van der Waals surface area contributed by atoms with Crippen molar-refractivity contribution in [2.75, 3.05) is 33.2 Å². The molecule has 0 spiro atoms. The largest absolute Gasteiger partial charge is 0.508 e. The van der Waals surface area contributed by atoms with E-state index in [-0.39, 0.29) is 17.1 Å². The van der Waals surface area contributed by atoms with Crippen LogP contribution in [0.4, 0.5) is 4.39 Å². The zero-order valence-electron chi connectivity index (χ0n) is 20.7. The van der Waals surface area contributed by atoms with Crippen LogP contribution in [0, 0.1) is 5.82 Å². The minimum Gasteiger partial charge on any atom is -0.508 e. The summed E-state index contributed by atoms with van der Waals surface area (Å²) in [7, 11) is 2.19.